The van der Waals surface area contributed by atoms with Crippen molar-refractivity contribution in [2.45, 2.75) is 46.6 Å². The maximum absolute atomic E-state index is 11.8. The second-order valence-corrected chi connectivity index (χ2v) is 4.95. The molecule has 1 N–H and O–H groups in total. The molecule has 0 saturated heterocycles. The molecule has 0 radical (unpaired) electrons. The van der Waals surface area contributed by atoms with Crippen molar-refractivity contribution in [3.8, 4) is 0 Å². The number of allylic oxidation sites excluding steroid dienone is 1. The van der Waals surface area contributed by atoms with Crippen LogP contribution in [-0.2, 0) is 14.3 Å². The first-order chi connectivity index (χ1) is 9.25. The van der Waals surface area contributed by atoms with Gasteiger partial charge in [0.2, 0.25) is 0 Å². The highest BCUT2D eigenvalue weighted by Gasteiger charge is 2.22. The van der Waals surface area contributed by atoms with Crippen LogP contribution in [0.25, 0.3) is 0 Å². The van der Waals surface area contributed by atoms with Crippen molar-refractivity contribution in [1.82, 2.24) is 5.32 Å². The lowest BCUT2D eigenvalue weighted by Gasteiger charge is -2.20. The molecule has 0 aromatic rings. The highest BCUT2D eigenvalue weighted by molar-refractivity contribution is 6.21. The number of ether oxygens (including phenoxy) is 2. The number of hydrogen-bond acceptors (Lipinski definition) is 5. The van der Waals surface area contributed by atoms with Gasteiger partial charge in [-0.15, -0.1) is 0 Å². The largest absolute Gasteiger partial charge is 0.462 e. The van der Waals surface area contributed by atoms with Crippen molar-refractivity contribution >= 4 is 17.9 Å². The molecule has 0 aliphatic carbocycles. The summed E-state index contributed by atoms with van der Waals surface area (Å²) in [6.07, 6.45) is 1.60. The zero-order valence-electron chi connectivity index (χ0n) is 13.1. The van der Waals surface area contributed by atoms with Gasteiger partial charge in [0.1, 0.15) is 11.4 Å². The Morgan fingerprint density at radius 3 is 2.25 bits per heavy atom. The number of hydrogen-bond donors (Lipinski definition) is 1. The summed E-state index contributed by atoms with van der Waals surface area (Å²) in [5.74, 6) is -0.384. The number of amides is 1. The number of amidine groups is 1. The number of rotatable bonds is 4. The fourth-order valence-corrected chi connectivity index (χ4v) is 1.33. The SMILES string of the molecule is CC/C=C(C(=O)OCC)\C(=N/C)NC(=O)OC(C)(C)C. The third-order valence-corrected chi connectivity index (χ3v) is 2.00. The molecule has 0 fully saturated rings. The number of esters is 1. The first kappa shape index (κ1) is 18.1. The van der Waals surface area contributed by atoms with Gasteiger partial charge in [-0.25, -0.2) is 9.59 Å². The van der Waals surface area contributed by atoms with E-state index in [4.69, 9.17) is 9.47 Å². The predicted octanol–water partition coefficient (Wildman–Crippen LogP) is 2.44. The normalized spacial score (nSPS) is 12.9. The van der Waals surface area contributed by atoms with Gasteiger partial charge in [-0.05, 0) is 34.1 Å². The second kappa shape index (κ2) is 8.35. The Morgan fingerprint density at radius 2 is 1.85 bits per heavy atom. The van der Waals surface area contributed by atoms with Gasteiger partial charge in [0.25, 0.3) is 0 Å². The summed E-state index contributed by atoms with van der Waals surface area (Å²) in [5, 5.41) is 2.47. The summed E-state index contributed by atoms with van der Waals surface area (Å²) in [4.78, 5) is 27.5. The van der Waals surface area contributed by atoms with Gasteiger partial charge in [-0.3, -0.25) is 10.3 Å². The molecule has 0 spiro atoms. The minimum atomic E-state index is -0.663. The molecule has 0 heterocycles. The molecule has 0 aliphatic rings. The molecule has 0 bridgehead atoms. The summed E-state index contributed by atoms with van der Waals surface area (Å²) in [5.41, 5.74) is -0.399. The van der Waals surface area contributed by atoms with Gasteiger partial charge >= 0.3 is 12.1 Å². The van der Waals surface area contributed by atoms with Crippen LogP contribution in [0.4, 0.5) is 4.79 Å². The van der Waals surface area contributed by atoms with E-state index in [0.717, 1.165) is 0 Å². The van der Waals surface area contributed by atoms with Crippen LogP contribution in [0.5, 0.6) is 0 Å². The van der Waals surface area contributed by atoms with E-state index in [9.17, 15) is 9.59 Å². The number of carbonyl (C=O) groups is 2. The highest BCUT2D eigenvalue weighted by atomic mass is 16.6. The maximum atomic E-state index is 11.8. The third kappa shape index (κ3) is 6.92. The fourth-order valence-electron chi connectivity index (χ4n) is 1.33. The number of alkyl carbamates (subject to hydrolysis) is 1. The molecule has 20 heavy (non-hydrogen) atoms. The number of nitrogens with one attached hydrogen (secondary N) is 1. The van der Waals surface area contributed by atoms with Gasteiger partial charge in [-0.2, -0.15) is 0 Å². The smallest absolute Gasteiger partial charge is 0.413 e. The zero-order valence-corrected chi connectivity index (χ0v) is 13.1. The number of aliphatic imine (C=N–C) groups is 1. The second-order valence-electron chi connectivity index (χ2n) is 4.95. The van der Waals surface area contributed by atoms with Crippen molar-refractivity contribution in [2.24, 2.45) is 4.99 Å². The molecule has 0 aromatic heterocycles. The lowest BCUT2D eigenvalue weighted by molar-refractivity contribution is -0.137. The van der Waals surface area contributed by atoms with E-state index in [0.29, 0.717) is 6.42 Å². The van der Waals surface area contributed by atoms with E-state index in [-0.39, 0.29) is 18.0 Å². The average molecular weight is 284 g/mol. The molecule has 0 aromatic carbocycles. The van der Waals surface area contributed by atoms with E-state index < -0.39 is 17.7 Å². The maximum Gasteiger partial charge on any atom is 0.413 e. The van der Waals surface area contributed by atoms with Crippen molar-refractivity contribution in [3.63, 3.8) is 0 Å². The molecule has 6 heteroatoms. The van der Waals surface area contributed by atoms with Crippen LogP contribution in [0.1, 0.15) is 41.0 Å². The molecule has 1 amide bonds. The van der Waals surface area contributed by atoms with Crippen molar-refractivity contribution in [3.05, 3.63) is 11.6 Å². The van der Waals surface area contributed by atoms with Crippen LogP contribution < -0.4 is 5.32 Å². The van der Waals surface area contributed by atoms with Crippen LogP contribution in [-0.4, -0.2) is 37.2 Å². The van der Waals surface area contributed by atoms with E-state index in [2.05, 4.69) is 10.3 Å². The van der Waals surface area contributed by atoms with Gasteiger partial charge in [-0.1, -0.05) is 13.0 Å². The van der Waals surface area contributed by atoms with Crippen LogP contribution >= 0.6 is 0 Å². The lowest BCUT2D eigenvalue weighted by atomic mass is 10.2. The predicted molar refractivity (Wildman–Crippen MR) is 77.7 cm³/mol. The molecule has 0 rings (SSSR count). The van der Waals surface area contributed by atoms with E-state index in [1.807, 2.05) is 6.92 Å². The van der Waals surface area contributed by atoms with Crippen molar-refractivity contribution < 1.29 is 19.1 Å². The van der Waals surface area contributed by atoms with Gasteiger partial charge < -0.3 is 9.47 Å². The number of carbonyl (C=O) groups excluding carboxylic acids is 2. The summed E-state index contributed by atoms with van der Waals surface area (Å²) in [6, 6.07) is 0. The summed E-state index contributed by atoms with van der Waals surface area (Å²) in [6.45, 7) is 9.10. The summed E-state index contributed by atoms with van der Waals surface area (Å²) >= 11 is 0. The van der Waals surface area contributed by atoms with Gasteiger partial charge in [0.15, 0.2) is 0 Å². The minimum absolute atomic E-state index is 0.138. The highest BCUT2D eigenvalue weighted by Crippen LogP contribution is 2.08. The molecule has 114 valence electrons. The molecule has 0 unspecified atom stereocenters. The number of nitrogens with zero attached hydrogens (tertiary/aromatic N) is 1. The van der Waals surface area contributed by atoms with E-state index >= 15 is 0 Å². The van der Waals surface area contributed by atoms with Crippen LogP contribution in [0.2, 0.25) is 0 Å². The van der Waals surface area contributed by atoms with Crippen LogP contribution in [0.15, 0.2) is 16.6 Å². The van der Waals surface area contributed by atoms with Crippen LogP contribution in [0.3, 0.4) is 0 Å². The molecule has 0 atom stereocenters. The summed E-state index contributed by atoms with van der Waals surface area (Å²) < 4.78 is 10.1. The van der Waals surface area contributed by atoms with Gasteiger partial charge in [0, 0.05) is 7.05 Å². The zero-order chi connectivity index (χ0) is 15.8. The molecular weight excluding hydrogens is 260 g/mol. The van der Waals surface area contributed by atoms with Gasteiger partial charge in [0.05, 0.1) is 12.2 Å². The Labute approximate surface area is 120 Å². The quantitative estimate of drug-likeness (QED) is 0.372. The first-order valence-electron chi connectivity index (χ1n) is 6.59. The Kier molecular flexibility index (Phi) is 7.57. The van der Waals surface area contributed by atoms with Crippen LogP contribution in [0, 0.1) is 0 Å². The molecule has 0 saturated carbocycles. The Hall–Kier alpha value is -1.85. The Bertz CT molecular complexity index is 406. The fraction of sp³-hybridized carbons (Fsp3) is 0.643. The Morgan fingerprint density at radius 1 is 1.25 bits per heavy atom. The lowest BCUT2D eigenvalue weighted by Crippen LogP contribution is -2.38. The third-order valence-electron chi connectivity index (χ3n) is 2.00. The van der Waals surface area contributed by atoms with E-state index in [1.54, 1.807) is 33.8 Å². The molecular formula is C14H24N2O4. The Balaban J connectivity index is 5.00. The molecule has 6 nitrogen and oxygen atoms in total. The van der Waals surface area contributed by atoms with E-state index in [1.165, 1.54) is 7.05 Å². The first-order valence-corrected chi connectivity index (χ1v) is 6.59. The van der Waals surface area contributed by atoms with Crippen molar-refractivity contribution in [2.75, 3.05) is 13.7 Å². The molecule has 0 aliphatic heterocycles. The van der Waals surface area contributed by atoms with Crippen molar-refractivity contribution in [1.29, 1.82) is 0 Å². The topological polar surface area (TPSA) is 77.0 Å². The summed E-state index contributed by atoms with van der Waals surface area (Å²) in [7, 11) is 1.48. The minimum Gasteiger partial charge on any atom is -0.462 e. The standard InChI is InChI=1S/C14H24N2O4/c1-7-9-10(12(17)19-8-2)11(15-6)16-13(18)20-14(3,4)5/h9H,7-8H2,1-6H3,(H,15,16,18)/b10-9+. The monoisotopic (exact) mass is 284 g/mol. The average Bonchev–Trinajstić information content (AvgIpc) is 2.31.